The number of aryl methyl sites for hydroxylation is 1. The maximum atomic E-state index is 11.8. The van der Waals surface area contributed by atoms with Crippen LogP contribution < -0.4 is 10.1 Å². The largest absolute Gasteiger partial charge is 0.482 e. The summed E-state index contributed by atoms with van der Waals surface area (Å²) in [7, 11) is 0. The van der Waals surface area contributed by atoms with E-state index in [-0.39, 0.29) is 12.5 Å². The molecule has 0 spiro atoms. The van der Waals surface area contributed by atoms with Crippen LogP contribution in [0.15, 0.2) is 48.5 Å². The number of carbonyl (C=O) groups is 1. The summed E-state index contributed by atoms with van der Waals surface area (Å²) in [6, 6.07) is 15.8. The lowest BCUT2D eigenvalue weighted by Gasteiger charge is -2.09. The summed E-state index contributed by atoms with van der Waals surface area (Å²) in [6.45, 7) is 2.56. The molecule has 3 nitrogen and oxygen atoms in total. The van der Waals surface area contributed by atoms with Crippen molar-refractivity contribution in [1.82, 2.24) is 5.32 Å². The predicted octanol–water partition coefficient (Wildman–Crippen LogP) is 4.08. The molecular formula is C18H20ClNO2S. The highest BCUT2D eigenvalue weighted by Gasteiger charge is 2.05. The van der Waals surface area contributed by atoms with E-state index in [0.29, 0.717) is 17.3 Å². The molecule has 0 unspecified atom stereocenters. The second-order valence-corrected chi connectivity index (χ2v) is 6.62. The Morgan fingerprint density at radius 2 is 2.00 bits per heavy atom. The van der Waals surface area contributed by atoms with Gasteiger partial charge in [-0.3, -0.25) is 4.79 Å². The minimum absolute atomic E-state index is 0.0213. The lowest BCUT2D eigenvalue weighted by atomic mass is 10.2. The van der Waals surface area contributed by atoms with E-state index in [1.807, 2.05) is 37.3 Å². The van der Waals surface area contributed by atoms with Gasteiger partial charge in [0.05, 0.1) is 5.02 Å². The Morgan fingerprint density at radius 3 is 2.78 bits per heavy atom. The third kappa shape index (κ3) is 6.55. The molecule has 0 saturated carbocycles. The molecule has 0 fully saturated rings. The standard InChI is InChI=1S/C18H20ClNO2S/c1-14-7-8-16(19)17(11-14)22-12-18(21)20-9-10-23-13-15-5-3-2-4-6-15/h2-8,11H,9-10,12-13H2,1H3,(H,20,21). The predicted molar refractivity (Wildman–Crippen MR) is 97.3 cm³/mol. The number of thioether (sulfide) groups is 1. The van der Waals surface area contributed by atoms with Gasteiger partial charge >= 0.3 is 0 Å². The van der Waals surface area contributed by atoms with Crippen molar-refractivity contribution in [2.45, 2.75) is 12.7 Å². The van der Waals surface area contributed by atoms with Crippen LogP contribution in [0.4, 0.5) is 0 Å². The minimum Gasteiger partial charge on any atom is -0.482 e. The van der Waals surface area contributed by atoms with Crippen LogP contribution in [0.5, 0.6) is 5.75 Å². The van der Waals surface area contributed by atoms with Crippen LogP contribution in [-0.2, 0) is 10.5 Å². The molecule has 0 saturated heterocycles. The average molecular weight is 350 g/mol. The topological polar surface area (TPSA) is 38.3 Å². The maximum Gasteiger partial charge on any atom is 0.257 e. The number of halogens is 1. The van der Waals surface area contributed by atoms with Crippen LogP contribution in [-0.4, -0.2) is 24.8 Å². The van der Waals surface area contributed by atoms with E-state index in [1.54, 1.807) is 17.8 Å². The summed E-state index contributed by atoms with van der Waals surface area (Å²) in [5.41, 5.74) is 2.34. The van der Waals surface area contributed by atoms with Gasteiger partial charge in [-0.1, -0.05) is 48.0 Å². The van der Waals surface area contributed by atoms with E-state index in [4.69, 9.17) is 16.3 Å². The number of hydrogen-bond acceptors (Lipinski definition) is 3. The number of amides is 1. The van der Waals surface area contributed by atoms with Crippen LogP contribution in [0.2, 0.25) is 5.02 Å². The quantitative estimate of drug-likeness (QED) is 0.730. The Morgan fingerprint density at radius 1 is 1.22 bits per heavy atom. The molecule has 122 valence electrons. The molecule has 2 rings (SSSR count). The summed E-state index contributed by atoms with van der Waals surface area (Å²) in [4.78, 5) is 11.8. The maximum absolute atomic E-state index is 11.8. The zero-order chi connectivity index (χ0) is 16.5. The lowest BCUT2D eigenvalue weighted by molar-refractivity contribution is -0.122. The number of rotatable bonds is 8. The van der Waals surface area contributed by atoms with E-state index in [0.717, 1.165) is 17.1 Å². The van der Waals surface area contributed by atoms with Crippen molar-refractivity contribution in [1.29, 1.82) is 0 Å². The van der Waals surface area contributed by atoms with Crippen LogP contribution in [0.25, 0.3) is 0 Å². The fourth-order valence-electron chi connectivity index (χ4n) is 1.94. The fraction of sp³-hybridized carbons (Fsp3) is 0.278. The van der Waals surface area contributed by atoms with Crippen molar-refractivity contribution in [2.75, 3.05) is 18.9 Å². The Kier molecular flexibility index (Phi) is 7.30. The molecule has 2 aromatic carbocycles. The fourth-order valence-corrected chi connectivity index (χ4v) is 2.93. The van der Waals surface area contributed by atoms with Crippen LogP contribution in [0, 0.1) is 6.92 Å². The highest BCUT2D eigenvalue weighted by molar-refractivity contribution is 7.98. The minimum atomic E-state index is -0.136. The van der Waals surface area contributed by atoms with Gasteiger partial charge in [0.2, 0.25) is 0 Å². The first kappa shape index (κ1) is 17.7. The first-order chi connectivity index (χ1) is 11.1. The number of ether oxygens (including phenoxy) is 1. The van der Waals surface area contributed by atoms with Gasteiger partial charge in [-0.15, -0.1) is 0 Å². The Balaban J connectivity index is 1.61. The highest BCUT2D eigenvalue weighted by atomic mass is 35.5. The van der Waals surface area contributed by atoms with E-state index in [9.17, 15) is 4.79 Å². The van der Waals surface area contributed by atoms with Crippen molar-refractivity contribution in [3.05, 3.63) is 64.7 Å². The normalized spacial score (nSPS) is 10.3. The molecule has 0 heterocycles. The molecule has 0 atom stereocenters. The first-order valence-corrected chi connectivity index (χ1v) is 8.96. The van der Waals surface area contributed by atoms with Crippen molar-refractivity contribution in [3.8, 4) is 5.75 Å². The average Bonchev–Trinajstić information content (AvgIpc) is 2.56. The molecule has 0 aromatic heterocycles. The van der Waals surface area contributed by atoms with Crippen LogP contribution in [0.3, 0.4) is 0 Å². The molecule has 0 aliphatic carbocycles. The SMILES string of the molecule is Cc1ccc(Cl)c(OCC(=O)NCCSCc2ccccc2)c1. The van der Waals surface area contributed by atoms with Gasteiger partial charge in [0, 0.05) is 18.1 Å². The monoisotopic (exact) mass is 349 g/mol. The second-order valence-electron chi connectivity index (χ2n) is 5.11. The van der Waals surface area contributed by atoms with E-state index >= 15 is 0 Å². The summed E-state index contributed by atoms with van der Waals surface area (Å²) in [5.74, 6) is 2.22. The molecule has 0 radical (unpaired) electrons. The van der Waals surface area contributed by atoms with Gasteiger partial charge in [0.1, 0.15) is 5.75 Å². The summed E-state index contributed by atoms with van der Waals surface area (Å²) in [5, 5.41) is 3.36. The van der Waals surface area contributed by atoms with Crippen molar-refractivity contribution >= 4 is 29.3 Å². The van der Waals surface area contributed by atoms with Crippen molar-refractivity contribution < 1.29 is 9.53 Å². The first-order valence-electron chi connectivity index (χ1n) is 7.42. The molecule has 1 N–H and O–H groups in total. The van der Waals surface area contributed by atoms with Crippen molar-refractivity contribution in [2.24, 2.45) is 0 Å². The lowest BCUT2D eigenvalue weighted by Crippen LogP contribution is -2.30. The zero-order valence-corrected chi connectivity index (χ0v) is 14.6. The van der Waals surface area contributed by atoms with Crippen LogP contribution in [0.1, 0.15) is 11.1 Å². The van der Waals surface area contributed by atoms with Gasteiger partial charge in [-0.25, -0.2) is 0 Å². The Hall–Kier alpha value is -1.65. The molecule has 2 aromatic rings. The highest BCUT2D eigenvalue weighted by Crippen LogP contribution is 2.24. The Labute approximate surface area is 146 Å². The molecule has 0 bridgehead atoms. The van der Waals surface area contributed by atoms with Gasteiger partial charge in [-0.2, -0.15) is 11.8 Å². The number of nitrogens with one attached hydrogen (secondary N) is 1. The Bertz CT molecular complexity index is 634. The summed E-state index contributed by atoms with van der Waals surface area (Å²) < 4.78 is 5.45. The zero-order valence-electron chi connectivity index (χ0n) is 13.0. The molecule has 0 aliphatic rings. The van der Waals surface area contributed by atoms with Gasteiger partial charge in [-0.05, 0) is 30.2 Å². The third-order valence-corrected chi connectivity index (χ3v) is 4.47. The second kappa shape index (κ2) is 9.48. The van der Waals surface area contributed by atoms with E-state index in [2.05, 4.69) is 17.4 Å². The van der Waals surface area contributed by atoms with E-state index < -0.39 is 0 Å². The number of benzene rings is 2. The van der Waals surface area contributed by atoms with E-state index in [1.165, 1.54) is 5.56 Å². The smallest absolute Gasteiger partial charge is 0.257 e. The molecule has 23 heavy (non-hydrogen) atoms. The molecule has 5 heteroatoms. The van der Waals surface area contributed by atoms with Gasteiger partial charge < -0.3 is 10.1 Å². The van der Waals surface area contributed by atoms with Crippen LogP contribution >= 0.6 is 23.4 Å². The number of carbonyl (C=O) groups excluding carboxylic acids is 1. The third-order valence-electron chi connectivity index (χ3n) is 3.13. The molecule has 1 amide bonds. The van der Waals surface area contributed by atoms with Gasteiger partial charge in [0.25, 0.3) is 5.91 Å². The molecule has 0 aliphatic heterocycles. The molecular weight excluding hydrogens is 330 g/mol. The number of hydrogen-bond donors (Lipinski definition) is 1. The summed E-state index contributed by atoms with van der Waals surface area (Å²) in [6.07, 6.45) is 0. The van der Waals surface area contributed by atoms with Crippen molar-refractivity contribution in [3.63, 3.8) is 0 Å². The van der Waals surface area contributed by atoms with Gasteiger partial charge in [0.15, 0.2) is 6.61 Å². The summed E-state index contributed by atoms with van der Waals surface area (Å²) >= 11 is 7.81.